The topological polar surface area (TPSA) is 58.6 Å². The number of para-hydroxylation sites is 1. The molecule has 1 aliphatic heterocycles. The van der Waals surface area contributed by atoms with Crippen molar-refractivity contribution in [2.75, 3.05) is 13.2 Å². The van der Waals surface area contributed by atoms with Gasteiger partial charge in [0.15, 0.2) is 6.10 Å². The largest absolute Gasteiger partial charge is 0.480 e. The fraction of sp³-hybridized carbons (Fsp3) is 0.533. The SMILES string of the molecule is O=C(NCCCCCCO)C1Cc2ccccc2O1. The van der Waals surface area contributed by atoms with Crippen LogP contribution in [0.3, 0.4) is 0 Å². The zero-order chi connectivity index (χ0) is 13.5. The number of aliphatic hydroxyl groups excluding tert-OH is 1. The number of rotatable bonds is 7. The van der Waals surface area contributed by atoms with E-state index in [0.717, 1.165) is 37.0 Å². The van der Waals surface area contributed by atoms with E-state index in [0.29, 0.717) is 13.0 Å². The van der Waals surface area contributed by atoms with Crippen molar-refractivity contribution in [3.63, 3.8) is 0 Å². The number of carbonyl (C=O) groups is 1. The third-order valence-corrected chi connectivity index (χ3v) is 3.32. The first-order valence-electron chi connectivity index (χ1n) is 6.94. The lowest BCUT2D eigenvalue weighted by atomic mass is 10.1. The molecule has 0 aromatic heterocycles. The Morgan fingerprint density at radius 3 is 2.84 bits per heavy atom. The van der Waals surface area contributed by atoms with Crippen molar-refractivity contribution in [1.82, 2.24) is 5.32 Å². The zero-order valence-electron chi connectivity index (χ0n) is 11.1. The highest BCUT2D eigenvalue weighted by molar-refractivity contribution is 5.82. The quantitative estimate of drug-likeness (QED) is 0.736. The average Bonchev–Trinajstić information content (AvgIpc) is 2.86. The van der Waals surface area contributed by atoms with Crippen LogP contribution in [0.1, 0.15) is 31.2 Å². The minimum Gasteiger partial charge on any atom is -0.480 e. The van der Waals surface area contributed by atoms with E-state index in [2.05, 4.69) is 5.32 Å². The molecule has 0 fully saturated rings. The Labute approximate surface area is 113 Å². The van der Waals surface area contributed by atoms with Gasteiger partial charge in [-0.1, -0.05) is 31.0 Å². The van der Waals surface area contributed by atoms with Crippen LogP contribution in [0.25, 0.3) is 0 Å². The van der Waals surface area contributed by atoms with Crippen molar-refractivity contribution in [2.24, 2.45) is 0 Å². The summed E-state index contributed by atoms with van der Waals surface area (Å²) in [4.78, 5) is 11.9. The van der Waals surface area contributed by atoms with Gasteiger partial charge in [-0.3, -0.25) is 4.79 Å². The van der Waals surface area contributed by atoms with Gasteiger partial charge in [0.1, 0.15) is 5.75 Å². The summed E-state index contributed by atoms with van der Waals surface area (Å²) in [5, 5.41) is 11.6. The van der Waals surface area contributed by atoms with Crippen molar-refractivity contribution in [2.45, 2.75) is 38.2 Å². The Morgan fingerprint density at radius 1 is 1.26 bits per heavy atom. The minimum absolute atomic E-state index is 0.0293. The van der Waals surface area contributed by atoms with Crippen LogP contribution in [-0.2, 0) is 11.2 Å². The van der Waals surface area contributed by atoms with Gasteiger partial charge in [-0.25, -0.2) is 0 Å². The maximum Gasteiger partial charge on any atom is 0.261 e. The summed E-state index contributed by atoms with van der Waals surface area (Å²) in [6.45, 7) is 0.932. The van der Waals surface area contributed by atoms with Crippen LogP contribution in [0.5, 0.6) is 5.75 Å². The molecule has 1 aromatic carbocycles. The number of ether oxygens (including phenoxy) is 1. The molecule has 1 aliphatic rings. The molecule has 1 amide bonds. The van der Waals surface area contributed by atoms with Crippen LogP contribution >= 0.6 is 0 Å². The molecule has 4 heteroatoms. The Balaban J connectivity index is 1.66. The van der Waals surface area contributed by atoms with E-state index >= 15 is 0 Å². The van der Waals surface area contributed by atoms with Gasteiger partial charge in [-0.2, -0.15) is 0 Å². The van der Waals surface area contributed by atoms with Gasteiger partial charge in [-0.05, 0) is 24.5 Å². The molecule has 104 valence electrons. The van der Waals surface area contributed by atoms with E-state index in [1.807, 2.05) is 24.3 Å². The van der Waals surface area contributed by atoms with Crippen LogP contribution in [0.2, 0.25) is 0 Å². The van der Waals surface area contributed by atoms with Crippen LogP contribution < -0.4 is 10.1 Å². The van der Waals surface area contributed by atoms with E-state index in [4.69, 9.17) is 9.84 Å². The number of unbranched alkanes of at least 4 members (excludes halogenated alkanes) is 3. The predicted molar refractivity (Wildman–Crippen MR) is 73.1 cm³/mol. The molecule has 1 unspecified atom stereocenters. The Morgan fingerprint density at radius 2 is 2.05 bits per heavy atom. The molecule has 1 atom stereocenters. The highest BCUT2D eigenvalue weighted by atomic mass is 16.5. The summed E-state index contributed by atoms with van der Waals surface area (Å²) in [5.74, 6) is 0.795. The van der Waals surface area contributed by atoms with Crippen LogP contribution in [0.15, 0.2) is 24.3 Å². The lowest BCUT2D eigenvalue weighted by Crippen LogP contribution is -2.37. The van der Waals surface area contributed by atoms with Crippen molar-refractivity contribution in [3.8, 4) is 5.75 Å². The monoisotopic (exact) mass is 263 g/mol. The van der Waals surface area contributed by atoms with Gasteiger partial charge in [0.25, 0.3) is 5.91 Å². The standard InChI is InChI=1S/C15H21NO3/c17-10-6-2-1-5-9-16-15(18)14-11-12-7-3-4-8-13(12)19-14/h3-4,7-8,14,17H,1-2,5-6,9-11H2,(H,16,18). The summed E-state index contributed by atoms with van der Waals surface area (Å²) in [5.41, 5.74) is 1.10. The number of fused-ring (bicyclic) bond motifs is 1. The molecular formula is C15H21NO3. The summed E-state index contributed by atoms with van der Waals surface area (Å²) < 4.78 is 5.62. The normalized spacial score (nSPS) is 16.8. The second-order valence-corrected chi connectivity index (χ2v) is 4.85. The van der Waals surface area contributed by atoms with E-state index in [-0.39, 0.29) is 18.6 Å². The number of hydrogen-bond donors (Lipinski definition) is 2. The summed E-state index contributed by atoms with van der Waals surface area (Å²) in [7, 11) is 0. The second kappa shape index (κ2) is 7.14. The van der Waals surface area contributed by atoms with Crippen LogP contribution in [0.4, 0.5) is 0 Å². The summed E-state index contributed by atoms with van der Waals surface area (Å²) in [6, 6.07) is 7.78. The number of nitrogens with one attached hydrogen (secondary N) is 1. The molecule has 0 radical (unpaired) electrons. The summed E-state index contributed by atoms with van der Waals surface area (Å²) >= 11 is 0. The van der Waals surface area contributed by atoms with Crippen molar-refractivity contribution in [1.29, 1.82) is 0 Å². The molecule has 0 spiro atoms. The molecule has 0 aliphatic carbocycles. The smallest absolute Gasteiger partial charge is 0.261 e. The third kappa shape index (κ3) is 3.96. The fourth-order valence-corrected chi connectivity index (χ4v) is 2.24. The van der Waals surface area contributed by atoms with Crippen molar-refractivity contribution in [3.05, 3.63) is 29.8 Å². The number of aliphatic hydroxyl groups is 1. The first-order chi connectivity index (χ1) is 9.31. The van der Waals surface area contributed by atoms with E-state index in [1.165, 1.54) is 0 Å². The lowest BCUT2D eigenvalue weighted by molar-refractivity contribution is -0.127. The van der Waals surface area contributed by atoms with E-state index in [1.54, 1.807) is 0 Å². The number of amides is 1. The summed E-state index contributed by atoms with van der Waals surface area (Å²) in [6.07, 6.45) is 4.12. The molecule has 19 heavy (non-hydrogen) atoms. The molecule has 0 bridgehead atoms. The Bertz CT molecular complexity index is 395. The molecule has 1 aromatic rings. The van der Waals surface area contributed by atoms with Crippen molar-refractivity contribution >= 4 is 5.91 Å². The molecule has 0 saturated heterocycles. The third-order valence-electron chi connectivity index (χ3n) is 3.32. The lowest BCUT2D eigenvalue weighted by Gasteiger charge is -2.11. The van der Waals surface area contributed by atoms with Gasteiger partial charge >= 0.3 is 0 Å². The molecular weight excluding hydrogens is 242 g/mol. The maximum absolute atomic E-state index is 11.9. The minimum atomic E-state index is -0.380. The molecule has 2 rings (SSSR count). The molecule has 4 nitrogen and oxygen atoms in total. The Kier molecular flexibility index (Phi) is 5.21. The predicted octanol–water partition coefficient (Wildman–Crippen LogP) is 1.66. The maximum atomic E-state index is 11.9. The molecule has 2 N–H and O–H groups in total. The number of benzene rings is 1. The first-order valence-corrected chi connectivity index (χ1v) is 6.94. The fourth-order valence-electron chi connectivity index (χ4n) is 2.24. The van der Waals surface area contributed by atoms with Gasteiger partial charge in [-0.15, -0.1) is 0 Å². The number of carbonyl (C=O) groups excluding carboxylic acids is 1. The van der Waals surface area contributed by atoms with Crippen LogP contribution in [-0.4, -0.2) is 30.3 Å². The van der Waals surface area contributed by atoms with Gasteiger partial charge in [0.2, 0.25) is 0 Å². The molecule has 1 heterocycles. The van der Waals surface area contributed by atoms with Crippen LogP contribution in [0, 0.1) is 0 Å². The van der Waals surface area contributed by atoms with E-state index in [9.17, 15) is 4.79 Å². The average molecular weight is 263 g/mol. The zero-order valence-corrected chi connectivity index (χ0v) is 11.1. The second-order valence-electron chi connectivity index (χ2n) is 4.85. The highest BCUT2D eigenvalue weighted by Gasteiger charge is 2.28. The highest BCUT2D eigenvalue weighted by Crippen LogP contribution is 2.27. The van der Waals surface area contributed by atoms with Gasteiger partial charge < -0.3 is 15.2 Å². The van der Waals surface area contributed by atoms with Gasteiger partial charge in [0, 0.05) is 19.6 Å². The van der Waals surface area contributed by atoms with Crippen molar-refractivity contribution < 1.29 is 14.6 Å². The van der Waals surface area contributed by atoms with E-state index < -0.39 is 0 Å². The molecule has 0 saturated carbocycles. The Hall–Kier alpha value is -1.55. The van der Waals surface area contributed by atoms with Gasteiger partial charge in [0.05, 0.1) is 0 Å². The number of hydrogen-bond acceptors (Lipinski definition) is 3. The first kappa shape index (κ1) is 13.9.